The Morgan fingerprint density at radius 3 is 2.54 bits per heavy atom. The molecule has 1 heterocycles. The van der Waals surface area contributed by atoms with Crippen molar-refractivity contribution < 1.29 is 5.11 Å². The summed E-state index contributed by atoms with van der Waals surface area (Å²) in [7, 11) is 0. The molecule has 0 aliphatic carbocycles. The maximum atomic E-state index is 9.37. The second kappa shape index (κ2) is 6.86. The smallest absolute Gasteiger partial charge is 0.172 e. The average molecular weight is 338 g/mol. The number of nitrogens with zero attached hydrogens (tertiary/aromatic N) is 3. The molecule has 0 saturated carbocycles. The van der Waals surface area contributed by atoms with Gasteiger partial charge in [0.1, 0.15) is 17.4 Å². The molecular weight excluding hydrogens is 326 g/mol. The fourth-order valence-electron chi connectivity index (χ4n) is 1.99. The molecule has 3 rings (SSSR count). The van der Waals surface area contributed by atoms with Gasteiger partial charge >= 0.3 is 0 Å². The average Bonchev–Trinajstić information content (AvgIpc) is 2.98. The maximum absolute atomic E-state index is 9.37. The number of halogens is 1. The van der Waals surface area contributed by atoms with E-state index in [1.54, 1.807) is 54.7 Å². The molecule has 0 bridgehead atoms. The molecule has 3 N–H and O–H groups in total. The number of phenolic OH excluding ortho intramolecular Hbond substituents is 1. The molecule has 0 radical (unpaired) electrons. The fraction of sp³-hybridized carbons (Fsp3) is 0. The zero-order valence-electron chi connectivity index (χ0n) is 12.4. The van der Waals surface area contributed by atoms with Crippen molar-refractivity contribution >= 4 is 35.1 Å². The third-order valence-electron chi connectivity index (χ3n) is 3.20. The first-order chi connectivity index (χ1) is 11.7. The van der Waals surface area contributed by atoms with Crippen LogP contribution in [0.3, 0.4) is 0 Å². The number of aliphatic imine (C=N–C) groups is 1. The van der Waals surface area contributed by atoms with Crippen molar-refractivity contribution in [2.45, 2.75) is 0 Å². The van der Waals surface area contributed by atoms with E-state index in [2.05, 4.69) is 26.6 Å². The van der Waals surface area contributed by atoms with Gasteiger partial charge in [-0.3, -0.25) is 5.10 Å². The lowest BCUT2D eigenvalue weighted by Crippen LogP contribution is -1.92. The van der Waals surface area contributed by atoms with Crippen LogP contribution in [0.25, 0.3) is 0 Å². The molecule has 7 heteroatoms. The third kappa shape index (κ3) is 3.54. The molecule has 0 aliphatic heterocycles. The number of anilines is 2. The summed E-state index contributed by atoms with van der Waals surface area (Å²) in [6.45, 7) is 0. The minimum absolute atomic E-state index is 0.181. The van der Waals surface area contributed by atoms with Crippen LogP contribution < -0.4 is 5.32 Å². The van der Waals surface area contributed by atoms with Crippen LogP contribution in [-0.2, 0) is 0 Å². The molecule has 0 unspecified atom stereocenters. The van der Waals surface area contributed by atoms with E-state index in [0.717, 1.165) is 11.3 Å². The standard InChI is InChI=1S/C17H12ClN5O/c18-12-3-5-13(6-4-12)21-17-15(9-19)16(22-23-17)20-10-11-1-7-14(24)8-2-11/h1-8,10,24H,(H2,21,22,23)/b20-10+. The molecule has 0 atom stereocenters. The van der Waals surface area contributed by atoms with Crippen molar-refractivity contribution in [1.29, 1.82) is 5.26 Å². The molecule has 118 valence electrons. The Bertz CT molecular complexity index is 908. The third-order valence-corrected chi connectivity index (χ3v) is 3.45. The Hall–Kier alpha value is -3.30. The Balaban J connectivity index is 1.83. The van der Waals surface area contributed by atoms with Crippen LogP contribution in [0.2, 0.25) is 5.02 Å². The minimum atomic E-state index is 0.181. The summed E-state index contributed by atoms with van der Waals surface area (Å²) in [5.41, 5.74) is 1.86. The van der Waals surface area contributed by atoms with Crippen molar-refractivity contribution in [3.8, 4) is 11.8 Å². The van der Waals surface area contributed by atoms with Gasteiger partial charge in [0, 0.05) is 16.9 Å². The summed E-state index contributed by atoms with van der Waals surface area (Å²) >= 11 is 5.85. The molecule has 0 aliphatic rings. The Kier molecular flexibility index (Phi) is 4.45. The monoisotopic (exact) mass is 337 g/mol. The van der Waals surface area contributed by atoms with E-state index in [0.29, 0.717) is 22.2 Å². The van der Waals surface area contributed by atoms with Gasteiger partial charge in [-0.2, -0.15) is 10.4 Å². The molecule has 0 amide bonds. The van der Waals surface area contributed by atoms with Crippen LogP contribution in [0.1, 0.15) is 11.1 Å². The lowest BCUT2D eigenvalue weighted by molar-refractivity contribution is 0.475. The zero-order valence-corrected chi connectivity index (χ0v) is 13.1. The number of nitrogens with one attached hydrogen (secondary N) is 2. The van der Waals surface area contributed by atoms with Gasteiger partial charge in [0.2, 0.25) is 0 Å². The van der Waals surface area contributed by atoms with Crippen molar-refractivity contribution in [3.63, 3.8) is 0 Å². The number of phenols is 1. The van der Waals surface area contributed by atoms with Crippen LogP contribution in [0, 0.1) is 11.3 Å². The van der Waals surface area contributed by atoms with Gasteiger partial charge in [0.25, 0.3) is 0 Å². The van der Waals surface area contributed by atoms with E-state index in [1.807, 2.05) is 0 Å². The highest BCUT2D eigenvalue weighted by molar-refractivity contribution is 6.30. The molecular formula is C17H12ClN5O. The summed E-state index contributed by atoms with van der Waals surface area (Å²) < 4.78 is 0. The van der Waals surface area contributed by atoms with Crippen molar-refractivity contribution in [2.24, 2.45) is 4.99 Å². The number of hydrogen-bond donors (Lipinski definition) is 3. The first-order valence-corrected chi connectivity index (χ1v) is 7.37. The summed E-state index contributed by atoms with van der Waals surface area (Å²) in [5.74, 6) is 0.917. The van der Waals surface area contributed by atoms with Crippen molar-refractivity contribution in [3.05, 3.63) is 64.7 Å². The van der Waals surface area contributed by atoms with Crippen LogP contribution >= 0.6 is 11.6 Å². The van der Waals surface area contributed by atoms with Gasteiger partial charge in [-0.05, 0) is 54.1 Å². The van der Waals surface area contributed by atoms with E-state index in [9.17, 15) is 10.4 Å². The lowest BCUT2D eigenvalue weighted by atomic mass is 10.2. The number of H-pyrrole nitrogens is 1. The van der Waals surface area contributed by atoms with E-state index in [4.69, 9.17) is 11.6 Å². The first kappa shape index (κ1) is 15.6. The molecule has 24 heavy (non-hydrogen) atoms. The van der Waals surface area contributed by atoms with E-state index < -0.39 is 0 Å². The quantitative estimate of drug-likeness (QED) is 0.623. The summed E-state index contributed by atoms with van der Waals surface area (Å²) in [6, 6.07) is 15.7. The summed E-state index contributed by atoms with van der Waals surface area (Å²) in [6.07, 6.45) is 1.58. The Labute approximate surface area is 143 Å². The second-order valence-electron chi connectivity index (χ2n) is 4.89. The van der Waals surface area contributed by atoms with Gasteiger partial charge < -0.3 is 10.4 Å². The van der Waals surface area contributed by atoms with E-state index >= 15 is 0 Å². The highest BCUT2D eigenvalue weighted by Gasteiger charge is 2.12. The number of nitriles is 1. The van der Waals surface area contributed by atoms with Crippen molar-refractivity contribution in [1.82, 2.24) is 10.2 Å². The van der Waals surface area contributed by atoms with Gasteiger partial charge in [-0.15, -0.1) is 0 Å². The molecule has 1 aromatic heterocycles. The number of hydrogen-bond acceptors (Lipinski definition) is 5. The van der Waals surface area contributed by atoms with Gasteiger partial charge in [0.05, 0.1) is 0 Å². The summed E-state index contributed by atoms with van der Waals surface area (Å²) in [4.78, 5) is 4.25. The molecule has 2 aromatic carbocycles. The van der Waals surface area contributed by atoms with Gasteiger partial charge in [-0.1, -0.05) is 11.6 Å². The number of rotatable bonds is 4. The number of aromatic hydroxyl groups is 1. The normalized spacial score (nSPS) is 10.7. The van der Waals surface area contributed by atoms with Crippen LogP contribution in [0.15, 0.2) is 53.5 Å². The maximum Gasteiger partial charge on any atom is 0.172 e. The predicted molar refractivity (Wildman–Crippen MR) is 93.4 cm³/mol. The van der Waals surface area contributed by atoms with Crippen molar-refractivity contribution in [2.75, 3.05) is 5.32 Å². The minimum Gasteiger partial charge on any atom is -0.508 e. The van der Waals surface area contributed by atoms with E-state index in [1.165, 1.54) is 0 Å². The molecule has 0 saturated heterocycles. The Morgan fingerprint density at radius 2 is 1.88 bits per heavy atom. The lowest BCUT2D eigenvalue weighted by Gasteiger charge is -2.02. The fourth-order valence-corrected chi connectivity index (χ4v) is 2.12. The van der Waals surface area contributed by atoms with Crippen LogP contribution in [0.4, 0.5) is 17.3 Å². The SMILES string of the molecule is N#Cc1c(Nc2ccc(Cl)cc2)n[nH]c1/N=C/c1ccc(O)cc1. The number of aromatic nitrogens is 2. The summed E-state index contributed by atoms with van der Waals surface area (Å²) in [5, 5.41) is 29.1. The van der Waals surface area contributed by atoms with Gasteiger partial charge in [-0.25, -0.2) is 4.99 Å². The Morgan fingerprint density at radius 1 is 1.17 bits per heavy atom. The van der Waals surface area contributed by atoms with Crippen LogP contribution in [0.5, 0.6) is 5.75 Å². The molecule has 3 aromatic rings. The first-order valence-electron chi connectivity index (χ1n) is 7.00. The highest BCUT2D eigenvalue weighted by atomic mass is 35.5. The highest BCUT2D eigenvalue weighted by Crippen LogP contribution is 2.26. The predicted octanol–water partition coefficient (Wildman–Crippen LogP) is 4.13. The molecule has 6 nitrogen and oxygen atoms in total. The zero-order chi connectivity index (χ0) is 16.9. The topological polar surface area (TPSA) is 97.1 Å². The van der Waals surface area contributed by atoms with Gasteiger partial charge in [0.15, 0.2) is 11.6 Å². The van der Waals surface area contributed by atoms with Crippen LogP contribution in [-0.4, -0.2) is 21.5 Å². The second-order valence-corrected chi connectivity index (χ2v) is 5.33. The van der Waals surface area contributed by atoms with E-state index in [-0.39, 0.29) is 5.75 Å². The largest absolute Gasteiger partial charge is 0.508 e. The number of benzene rings is 2. The molecule has 0 spiro atoms. The number of aromatic amines is 1. The molecule has 0 fully saturated rings.